The molecule has 0 unspecified atom stereocenters. The highest BCUT2D eigenvalue weighted by atomic mass is 35.5. The number of aryl methyl sites for hydroxylation is 1. The minimum Gasteiger partial charge on any atom is -0.359 e. The van der Waals surface area contributed by atoms with E-state index < -0.39 is 18.0 Å². The highest BCUT2D eigenvalue weighted by Gasteiger charge is 2.40. The molecule has 33 heavy (non-hydrogen) atoms. The molecule has 2 fully saturated rings. The molecule has 10 nitrogen and oxygen atoms in total. The molecular weight excluding hydrogens is 448 g/mol. The summed E-state index contributed by atoms with van der Waals surface area (Å²) >= 11 is 5.78. The molecule has 0 aliphatic carbocycles. The minimum atomic E-state index is -0.640. The average Bonchev–Trinajstić information content (AvgIpc) is 3.47. The van der Waals surface area contributed by atoms with Crippen LogP contribution in [0.1, 0.15) is 33.1 Å². The number of carbonyl (C=O) groups excluding carboxylic acids is 4. The van der Waals surface area contributed by atoms with Crippen LogP contribution in [0.15, 0.2) is 12.3 Å². The Morgan fingerprint density at radius 2 is 2.09 bits per heavy atom. The summed E-state index contributed by atoms with van der Waals surface area (Å²) < 4.78 is 1.65. The number of hydrogen-bond donors (Lipinski definition) is 2. The SMILES string of the molecule is CC(C)C[C@@H](C(=O)CN(C[C@@H]1CCNC1=O)C(=O)CCl)N1CC[C@H](Nc2ccnn2C)C1=O. The van der Waals surface area contributed by atoms with Gasteiger partial charge in [-0.3, -0.25) is 23.9 Å². The van der Waals surface area contributed by atoms with Crippen LogP contribution < -0.4 is 10.6 Å². The van der Waals surface area contributed by atoms with Crippen molar-refractivity contribution < 1.29 is 19.2 Å². The maximum atomic E-state index is 13.4. The van der Waals surface area contributed by atoms with Crippen LogP contribution in [0, 0.1) is 11.8 Å². The largest absolute Gasteiger partial charge is 0.359 e. The Bertz CT molecular complexity index is 888. The van der Waals surface area contributed by atoms with Gasteiger partial charge in [-0.05, 0) is 25.2 Å². The van der Waals surface area contributed by atoms with E-state index in [4.69, 9.17) is 11.6 Å². The number of nitrogens with zero attached hydrogens (tertiary/aromatic N) is 4. The number of likely N-dealkylation sites (tertiary alicyclic amines) is 1. The molecule has 182 valence electrons. The third-order valence-electron chi connectivity index (χ3n) is 6.24. The summed E-state index contributed by atoms with van der Waals surface area (Å²) in [4.78, 5) is 54.0. The standard InChI is InChI=1S/C22H33ClN6O4/c1-14(2)10-17(29-9-6-16(22(29)33)26-19-5-8-25-27(19)3)18(30)13-28(20(31)11-23)12-15-4-7-24-21(15)32/h5,8,14-17,26H,4,6-7,9-13H2,1-3H3,(H,24,32)/t15-,16-,17-/m0/s1. The van der Waals surface area contributed by atoms with Gasteiger partial charge in [-0.1, -0.05) is 13.8 Å². The van der Waals surface area contributed by atoms with Gasteiger partial charge in [-0.15, -0.1) is 11.6 Å². The van der Waals surface area contributed by atoms with Crippen LogP contribution in [0.25, 0.3) is 0 Å². The third kappa shape index (κ3) is 6.04. The Labute approximate surface area is 199 Å². The summed E-state index contributed by atoms with van der Waals surface area (Å²) in [5.41, 5.74) is 0. The van der Waals surface area contributed by atoms with Crippen molar-refractivity contribution in [2.45, 2.75) is 45.2 Å². The Morgan fingerprint density at radius 3 is 2.67 bits per heavy atom. The summed E-state index contributed by atoms with van der Waals surface area (Å²) in [6.45, 7) is 4.98. The van der Waals surface area contributed by atoms with Crippen molar-refractivity contribution in [2.24, 2.45) is 18.9 Å². The molecule has 2 saturated heterocycles. The van der Waals surface area contributed by atoms with E-state index in [-0.39, 0.29) is 48.4 Å². The van der Waals surface area contributed by atoms with Crippen molar-refractivity contribution in [3.63, 3.8) is 0 Å². The number of ketones is 1. The molecule has 3 atom stereocenters. The van der Waals surface area contributed by atoms with E-state index >= 15 is 0 Å². The van der Waals surface area contributed by atoms with Gasteiger partial charge in [0, 0.05) is 32.7 Å². The van der Waals surface area contributed by atoms with E-state index in [1.807, 2.05) is 13.8 Å². The lowest BCUT2D eigenvalue weighted by Crippen LogP contribution is -2.50. The van der Waals surface area contributed by atoms with Crippen LogP contribution in [0.5, 0.6) is 0 Å². The quantitative estimate of drug-likeness (QED) is 0.448. The maximum absolute atomic E-state index is 13.4. The average molecular weight is 481 g/mol. The number of alkyl halides is 1. The molecule has 2 aliphatic rings. The van der Waals surface area contributed by atoms with Crippen molar-refractivity contribution in [3.8, 4) is 0 Å². The number of Topliss-reactive ketones (excluding diaryl/α,β-unsaturated/α-hetero) is 1. The van der Waals surface area contributed by atoms with Gasteiger partial charge in [0.15, 0.2) is 5.78 Å². The van der Waals surface area contributed by atoms with Gasteiger partial charge in [-0.25, -0.2) is 0 Å². The zero-order valence-corrected chi connectivity index (χ0v) is 20.2. The highest BCUT2D eigenvalue weighted by molar-refractivity contribution is 6.27. The number of anilines is 1. The summed E-state index contributed by atoms with van der Waals surface area (Å²) in [5, 5.41) is 10.1. The highest BCUT2D eigenvalue weighted by Crippen LogP contribution is 2.23. The molecule has 3 rings (SSSR count). The molecule has 1 aromatic rings. The normalized spacial score (nSPS) is 21.4. The van der Waals surface area contributed by atoms with Gasteiger partial charge in [0.2, 0.25) is 17.7 Å². The topological polar surface area (TPSA) is 117 Å². The van der Waals surface area contributed by atoms with Crippen LogP contribution in [0.2, 0.25) is 0 Å². The number of amides is 3. The van der Waals surface area contributed by atoms with Gasteiger partial charge < -0.3 is 20.4 Å². The molecule has 0 spiro atoms. The monoisotopic (exact) mass is 480 g/mol. The second-order valence-electron chi connectivity index (χ2n) is 9.15. The Morgan fingerprint density at radius 1 is 1.33 bits per heavy atom. The summed E-state index contributed by atoms with van der Waals surface area (Å²) in [6, 6.07) is 0.714. The number of hydrogen-bond acceptors (Lipinski definition) is 6. The lowest BCUT2D eigenvalue weighted by Gasteiger charge is -2.31. The van der Waals surface area contributed by atoms with Crippen LogP contribution >= 0.6 is 11.6 Å². The summed E-state index contributed by atoms with van der Waals surface area (Å²) in [5.74, 6) is -0.575. The second-order valence-corrected chi connectivity index (χ2v) is 9.42. The van der Waals surface area contributed by atoms with Crippen molar-refractivity contribution in [3.05, 3.63) is 12.3 Å². The lowest BCUT2D eigenvalue weighted by atomic mass is 9.98. The van der Waals surface area contributed by atoms with Crippen LogP contribution in [-0.2, 0) is 26.2 Å². The van der Waals surface area contributed by atoms with Gasteiger partial charge in [0.1, 0.15) is 17.7 Å². The number of aromatic nitrogens is 2. The van der Waals surface area contributed by atoms with Crippen molar-refractivity contribution in [2.75, 3.05) is 37.4 Å². The fourth-order valence-corrected chi connectivity index (χ4v) is 4.61. The first-order valence-electron chi connectivity index (χ1n) is 11.4. The smallest absolute Gasteiger partial charge is 0.245 e. The predicted octanol–water partition coefficient (Wildman–Crippen LogP) is 0.620. The van der Waals surface area contributed by atoms with Gasteiger partial charge >= 0.3 is 0 Å². The zero-order chi connectivity index (χ0) is 24.1. The van der Waals surface area contributed by atoms with Gasteiger partial charge in [0.25, 0.3) is 0 Å². The predicted molar refractivity (Wildman–Crippen MR) is 124 cm³/mol. The molecule has 2 N–H and O–H groups in total. The minimum absolute atomic E-state index is 0.118. The molecule has 0 bridgehead atoms. The number of rotatable bonds is 11. The number of nitrogens with one attached hydrogen (secondary N) is 2. The number of halogens is 1. The molecule has 1 aromatic heterocycles. The van der Waals surface area contributed by atoms with Crippen molar-refractivity contribution in [1.82, 2.24) is 24.9 Å². The Balaban J connectivity index is 1.71. The second kappa shape index (κ2) is 11.0. The van der Waals surface area contributed by atoms with Gasteiger partial charge in [-0.2, -0.15) is 5.10 Å². The van der Waals surface area contributed by atoms with E-state index in [9.17, 15) is 19.2 Å². The van der Waals surface area contributed by atoms with E-state index in [1.54, 1.807) is 28.9 Å². The first-order chi connectivity index (χ1) is 15.7. The van der Waals surface area contributed by atoms with E-state index in [0.717, 1.165) is 5.82 Å². The molecule has 3 amide bonds. The molecular formula is C22H33ClN6O4. The Hall–Kier alpha value is -2.62. The fraction of sp³-hybridized carbons (Fsp3) is 0.682. The van der Waals surface area contributed by atoms with Crippen molar-refractivity contribution >= 4 is 40.9 Å². The van der Waals surface area contributed by atoms with Crippen LogP contribution in [0.4, 0.5) is 5.82 Å². The molecule has 11 heteroatoms. The summed E-state index contributed by atoms with van der Waals surface area (Å²) in [6.07, 6.45) is 3.33. The van der Waals surface area contributed by atoms with Crippen LogP contribution in [0.3, 0.4) is 0 Å². The molecule has 0 radical (unpaired) electrons. The third-order valence-corrected chi connectivity index (χ3v) is 6.47. The van der Waals surface area contributed by atoms with Gasteiger partial charge in [0.05, 0.1) is 24.7 Å². The Kier molecular flexibility index (Phi) is 8.34. The summed E-state index contributed by atoms with van der Waals surface area (Å²) in [7, 11) is 1.79. The first kappa shape index (κ1) is 25.0. The molecule has 2 aliphatic heterocycles. The molecule has 0 aromatic carbocycles. The lowest BCUT2D eigenvalue weighted by molar-refractivity contribution is -0.140. The first-order valence-corrected chi connectivity index (χ1v) is 11.9. The fourth-order valence-electron chi connectivity index (χ4n) is 4.44. The van der Waals surface area contributed by atoms with Crippen molar-refractivity contribution in [1.29, 1.82) is 0 Å². The maximum Gasteiger partial charge on any atom is 0.245 e. The molecule has 0 saturated carbocycles. The van der Waals surface area contributed by atoms with Crippen LogP contribution in [-0.4, -0.2) is 87.2 Å². The molecule has 3 heterocycles. The van der Waals surface area contributed by atoms with E-state index in [2.05, 4.69) is 15.7 Å². The number of carbonyl (C=O) groups is 4. The zero-order valence-electron chi connectivity index (χ0n) is 19.4. The van der Waals surface area contributed by atoms with E-state index in [1.165, 1.54) is 4.90 Å². The van der Waals surface area contributed by atoms with E-state index in [0.29, 0.717) is 32.4 Å².